The van der Waals surface area contributed by atoms with Crippen LogP contribution in [-0.4, -0.2) is 14.9 Å². The molecular formula is C14H20Br2N2O. The predicted octanol–water partition coefficient (Wildman–Crippen LogP) is 4.05. The monoisotopic (exact) mass is 390 g/mol. The molecule has 0 N–H and O–H groups in total. The van der Waals surface area contributed by atoms with Crippen molar-refractivity contribution < 1.29 is 0 Å². The molecule has 1 aromatic rings. The van der Waals surface area contributed by atoms with Gasteiger partial charge in [-0.25, -0.2) is 4.98 Å². The lowest BCUT2D eigenvalue weighted by molar-refractivity contribution is 0.236. The van der Waals surface area contributed by atoms with Crippen molar-refractivity contribution in [3.63, 3.8) is 0 Å². The highest BCUT2D eigenvalue weighted by atomic mass is 79.9. The zero-order valence-electron chi connectivity index (χ0n) is 11.3. The standard InChI is InChI=1S/C14H20Br2N2O/c1-11-17-8-12(16)13(19)18(11)10-14(9-15)6-4-2-3-5-7-14/h8H,2-7,9-10H2,1H3. The molecule has 2 rings (SSSR count). The second kappa shape index (κ2) is 6.53. The molecule has 1 aliphatic carbocycles. The molecule has 5 heteroatoms. The molecule has 1 aromatic heterocycles. The van der Waals surface area contributed by atoms with Gasteiger partial charge in [-0.3, -0.25) is 9.36 Å². The molecule has 0 bridgehead atoms. The minimum absolute atomic E-state index is 0.0390. The first-order valence-corrected chi connectivity index (χ1v) is 8.77. The van der Waals surface area contributed by atoms with E-state index in [1.807, 2.05) is 11.5 Å². The highest BCUT2D eigenvalue weighted by Gasteiger charge is 2.31. The molecule has 0 atom stereocenters. The van der Waals surface area contributed by atoms with E-state index in [1.165, 1.54) is 38.5 Å². The normalized spacial score (nSPS) is 19.1. The van der Waals surface area contributed by atoms with Gasteiger partial charge in [0, 0.05) is 18.1 Å². The van der Waals surface area contributed by atoms with E-state index < -0.39 is 0 Å². The number of aryl methyl sites for hydroxylation is 1. The van der Waals surface area contributed by atoms with Crippen LogP contribution >= 0.6 is 31.9 Å². The topological polar surface area (TPSA) is 34.9 Å². The van der Waals surface area contributed by atoms with Gasteiger partial charge in [0.1, 0.15) is 10.3 Å². The molecule has 0 amide bonds. The third-order valence-corrected chi connectivity index (χ3v) is 5.88. The summed E-state index contributed by atoms with van der Waals surface area (Å²) in [4.78, 5) is 16.6. The van der Waals surface area contributed by atoms with Crippen LogP contribution in [0.2, 0.25) is 0 Å². The maximum Gasteiger partial charge on any atom is 0.267 e. The van der Waals surface area contributed by atoms with Crippen LogP contribution < -0.4 is 5.56 Å². The van der Waals surface area contributed by atoms with E-state index in [0.717, 1.165) is 17.7 Å². The van der Waals surface area contributed by atoms with E-state index in [1.54, 1.807) is 6.20 Å². The lowest BCUT2D eigenvalue weighted by atomic mass is 9.82. The molecule has 19 heavy (non-hydrogen) atoms. The van der Waals surface area contributed by atoms with Gasteiger partial charge in [0.05, 0.1) is 0 Å². The van der Waals surface area contributed by atoms with Gasteiger partial charge in [0.15, 0.2) is 0 Å². The molecule has 3 nitrogen and oxygen atoms in total. The zero-order valence-corrected chi connectivity index (χ0v) is 14.5. The Kier molecular flexibility index (Phi) is 5.23. The summed E-state index contributed by atoms with van der Waals surface area (Å²) in [7, 11) is 0. The van der Waals surface area contributed by atoms with Crippen molar-refractivity contribution in [1.82, 2.24) is 9.55 Å². The summed E-state index contributed by atoms with van der Waals surface area (Å²) in [5.41, 5.74) is 0.241. The van der Waals surface area contributed by atoms with Crippen LogP contribution in [0.15, 0.2) is 15.5 Å². The molecule has 1 aliphatic rings. The van der Waals surface area contributed by atoms with Crippen molar-refractivity contribution in [3.05, 3.63) is 26.8 Å². The van der Waals surface area contributed by atoms with Crippen molar-refractivity contribution >= 4 is 31.9 Å². The first kappa shape index (κ1) is 15.2. The molecule has 0 aliphatic heterocycles. The van der Waals surface area contributed by atoms with Crippen molar-refractivity contribution in [1.29, 1.82) is 0 Å². The summed E-state index contributed by atoms with van der Waals surface area (Å²) in [5, 5.41) is 0.957. The average Bonchev–Trinajstić information content (AvgIpc) is 2.65. The molecular weight excluding hydrogens is 372 g/mol. The van der Waals surface area contributed by atoms with Gasteiger partial charge in [-0.1, -0.05) is 41.6 Å². The molecule has 106 valence electrons. The van der Waals surface area contributed by atoms with Gasteiger partial charge in [-0.2, -0.15) is 0 Å². The average molecular weight is 392 g/mol. The number of hydrogen-bond acceptors (Lipinski definition) is 2. The Morgan fingerprint density at radius 3 is 2.53 bits per heavy atom. The zero-order chi connectivity index (χ0) is 13.9. The quantitative estimate of drug-likeness (QED) is 0.575. The fourth-order valence-corrected chi connectivity index (χ4v) is 3.94. The van der Waals surface area contributed by atoms with Crippen LogP contribution in [0.5, 0.6) is 0 Å². The van der Waals surface area contributed by atoms with Gasteiger partial charge in [0.2, 0.25) is 0 Å². The number of aromatic nitrogens is 2. The van der Waals surface area contributed by atoms with Gasteiger partial charge in [-0.15, -0.1) is 0 Å². The third-order valence-electron chi connectivity index (χ3n) is 4.15. The maximum atomic E-state index is 12.3. The maximum absolute atomic E-state index is 12.3. The largest absolute Gasteiger partial charge is 0.295 e. The van der Waals surface area contributed by atoms with Gasteiger partial charge < -0.3 is 0 Å². The first-order chi connectivity index (χ1) is 9.08. The smallest absolute Gasteiger partial charge is 0.267 e. The van der Waals surface area contributed by atoms with Crippen LogP contribution in [0.3, 0.4) is 0 Å². The Bertz CT molecular complexity index is 491. The predicted molar refractivity (Wildman–Crippen MR) is 84.9 cm³/mol. The first-order valence-electron chi connectivity index (χ1n) is 6.86. The van der Waals surface area contributed by atoms with Crippen molar-refractivity contribution in [3.8, 4) is 0 Å². The Labute approximate surface area is 131 Å². The Balaban J connectivity index is 2.32. The Morgan fingerprint density at radius 2 is 1.95 bits per heavy atom. The van der Waals surface area contributed by atoms with Crippen LogP contribution in [0.25, 0.3) is 0 Å². The lowest BCUT2D eigenvalue weighted by Gasteiger charge is -2.32. The van der Waals surface area contributed by atoms with Gasteiger partial charge in [-0.05, 0) is 41.1 Å². The van der Waals surface area contributed by atoms with E-state index in [0.29, 0.717) is 4.47 Å². The summed E-state index contributed by atoms with van der Waals surface area (Å²) in [6.07, 6.45) is 9.15. The van der Waals surface area contributed by atoms with Crippen molar-refractivity contribution in [2.75, 3.05) is 5.33 Å². The van der Waals surface area contributed by atoms with Crippen LogP contribution in [0.4, 0.5) is 0 Å². The molecule has 1 fully saturated rings. The minimum atomic E-state index is 0.0390. The Hall–Kier alpha value is -0.160. The number of halogens is 2. The molecule has 0 aromatic carbocycles. The van der Waals surface area contributed by atoms with Crippen molar-refractivity contribution in [2.45, 2.75) is 52.0 Å². The highest BCUT2D eigenvalue weighted by molar-refractivity contribution is 9.10. The number of nitrogens with zero attached hydrogens (tertiary/aromatic N) is 2. The second-order valence-electron chi connectivity index (χ2n) is 5.59. The van der Waals surface area contributed by atoms with E-state index in [4.69, 9.17) is 0 Å². The van der Waals surface area contributed by atoms with Crippen LogP contribution in [-0.2, 0) is 6.54 Å². The second-order valence-corrected chi connectivity index (χ2v) is 7.01. The third kappa shape index (κ3) is 3.48. The summed E-state index contributed by atoms with van der Waals surface area (Å²) in [5.74, 6) is 0.803. The lowest BCUT2D eigenvalue weighted by Crippen LogP contribution is -2.35. The summed E-state index contributed by atoms with van der Waals surface area (Å²) in [6.45, 7) is 2.68. The fraction of sp³-hybridized carbons (Fsp3) is 0.714. The van der Waals surface area contributed by atoms with Crippen LogP contribution in [0.1, 0.15) is 44.3 Å². The van der Waals surface area contributed by atoms with Gasteiger partial charge in [0.25, 0.3) is 5.56 Å². The van der Waals surface area contributed by atoms with Crippen LogP contribution in [0, 0.1) is 12.3 Å². The number of rotatable bonds is 3. The molecule has 1 saturated carbocycles. The van der Waals surface area contributed by atoms with E-state index >= 15 is 0 Å². The fourth-order valence-electron chi connectivity index (χ4n) is 2.89. The summed E-state index contributed by atoms with van der Waals surface area (Å²) >= 11 is 6.97. The minimum Gasteiger partial charge on any atom is -0.295 e. The summed E-state index contributed by atoms with van der Waals surface area (Å²) < 4.78 is 2.38. The molecule has 0 radical (unpaired) electrons. The highest BCUT2D eigenvalue weighted by Crippen LogP contribution is 2.38. The van der Waals surface area contributed by atoms with E-state index in [-0.39, 0.29) is 11.0 Å². The molecule has 0 unspecified atom stereocenters. The number of hydrogen-bond donors (Lipinski definition) is 0. The number of alkyl halides is 1. The van der Waals surface area contributed by atoms with E-state index in [2.05, 4.69) is 36.8 Å². The molecule has 0 spiro atoms. The molecule has 0 saturated heterocycles. The van der Waals surface area contributed by atoms with Crippen molar-refractivity contribution in [2.24, 2.45) is 5.41 Å². The Morgan fingerprint density at radius 1 is 1.32 bits per heavy atom. The SMILES string of the molecule is Cc1ncc(Br)c(=O)n1CC1(CBr)CCCCCC1. The van der Waals surface area contributed by atoms with E-state index in [9.17, 15) is 4.79 Å². The van der Waals surface area contributed by atoms with Gasteiger partial charge >= 0.3 is 0 Å². The molecule has 1 heterocycles. The summed E-state index contributed by atoms with van der Waals surface area (Å²) in [6, 6.07) is 0.